The van der Waals surface area contributed by atoms with Gasteiger partial charge in [0.25, 0.3) is 0 Å². The summed E-state index contributed by atoms with van der Waals surface area (Å²) in [6.45, 7) is 6.01. The maximum atomic E-state index is 6.06. The van der Waals surface area contributed by atoms with Crippen molar-refractivity contribution in [2.75, 3.05) is 13.2 Å². The second kappa shape index (κ2) is 21.6. The van der Waals surface area contributed by atoms with Gasteiger partial charge in [-0.05, 0) is 25.9 Å². The summed E-state index contributed by atoms with van der Waals surface area (Å²) in [6.07, 6.45) is 15.0. The van der Waals surface area contributed by atoms with Crippen LogP contribution in [-0.4, -0.2) is 49.7 Å². The largest absolute Gasteiger partial charge is 0.395 e. The predicted molar refractivity (Wildman–Crippen MR) is 137 cm³/mol. The van der Waals surface area contributed by atoms with E-state index in [1.807, 2.05) is 0 Å². The minimum absolute atomic E-state index is 0.168. The third kappa shape index (κ3) is 25.9. The predicted octanol–water partition coefficient (Wildman–Crippen LogP) is 8.17. The van der Waals surface area contributed by atoms with Crippen molar-refractivity contribution in [3.8, 4) is 0 Å². The second-order valence-corrected chi connectivity index (χ2v) is 17.9. The van der Waals surface area contributed by atoms with E-state index in [9.17, 15) is 0 Å². The lowest BCUT2D eigenvalue weighted by atomic mass is 10.1. The molecule has 0 aromatic heterocycles. The third-order valence-electron chi connectivity index (χ3n) is 4.64. The lowest BCUT2D eigenvalue weighted by Crippen LogP contribution is -2.35. The number of hydrogen-bond donors (Lipinski definition) is 0. The van der Waals surface area contributed by atoms with E-state index in [0.717, 1.165) is 26.1 Å². The number of unbranched alkanes of at least 4 members (excludes halogenated alkanes) is 10. The van der Waals surface area contributed by atoms with Crippen molar-refractivity contribution in [3.63, 3.8) is 0 Å². The Morgan fingerprint density at radius 2 is 0.862 bits per heavy atom. The zero-order chi connectivity index (χ0) is 21.8. The van der Waals surface area contributed by atoms with Crippen LogP contribution in [0.2, 0.25) is 25.2 Å². The van der Waals surface area contributed by atoms with E-state index in [1.54, 1.807) is 0 Å². The highest BCUT2D eigenvalue weighted by Crippen LogP contribution is 2.14. The Kier molecular flexibility index (Phi) is 22.9. The van der Waals surface area contributed by atoms with E-state index in [1.165, 1.54) is 76.3 Å². The van der Waals surface area contributed by atoms with Gasteiger partial charge in [-0.2, -0.15) is 0 Å². The smallest absolute Gasteiger partial charge is 0.331 e. The molecule has 172 valence electrons. The number of halogens is 4. The monoisotopic (exact) mass is 536 g/mol. The zero-order valence-corrected chi connectivity index (χ0v) is 24.3. The molecule has 0 aromatic rings. The van der Waals surface area contributed by atoms with Crippen LogP contribution in [0.5, 0.6) is 0 Å². The Labute approximate surface area is 206 Å². The van der Waals surface area contributed by atoms with E-state index in [-0.39, 0.29) is 8.92 Å². The fourth-order valence-electron chi connectivity index (χ4n) is 2.97. The summed E-state index contributed by atoms with van der Waals surface area (Å²) in [4.78, 5) is 0. The quantitative estimate of drug-likeness (QED) is 0.0786. The first-order valence-corrected chi connectivity index (χ1v) is 18.3. The molecule has 0 aromatic carbocycles. The van der Waals surface area contributed by atoms with Crippen molar-refractivity contribution < 1.29 is 8.85 Å². The lowest BCUT2D eigenvalue weighted by molar-refractivity contribution is 0.172. The first kappa shape index (κ1) is 30.7. The average molecular weight is 539 g/mol. The van der Waals surface area contributed by atoms with Crippen LogP contribution in [0, 0.1) is 0 Å². The van der Waals surface area contributed by atoms with Crippen LogP contribution in [0.15, 0.2) is 0 Å². The van der Waals surface area contributed by atoms with Crippen LogP contribution < -0.4 is 0 Å². The SMILES string of the molecule is C[Si](C)(OCCCCCCCC[Si]C(Cl)Cl)OCCCCCCCC[Si]C(Cl)Cl. The van der Waals surface area contributed by atoms with Crippen LogP contribution in [0.1, 0.15) is 77.0 Å². The molecule has 0 aliphatic carbocycles. The van der Waals surface area contributed by atoms with E-state index in [2.05, 4.69) is 13.1 Å². The van der Waals surface area contributed by atoms with Crippen molar-refractivity contribution >= 4 is 74.0 Å². The molecule has 0 unspecified atom stereocenters. The number of alkyl halides is 4. The summed E-state index contributed by atoms with van der Waals surface area (Å²) in [6, 6.07) is 2.34. The highest BCUT2D eigenvalue weighted by atomic mass is 35.5. The Morgan fingerprint density at radius 3 is 1.21 bits per heavy atom. The molecule has 0 rings (SSSR count). The highest BCUT2D eigenvalue weighted by Gasteiger charge is 2.23. The van der Waals surface area contributed by atoms with E-state index < -0.39 is 8.56 Å². The van der Waals surface area contributed by atoms with Gasteiger partial charge < -0.3 is 8.85 Å². The van der Waals surface area contributed by atoms with Gasteiger partial charge in [-0.15, -0.1) is 46.4 Å². The van der Waals surface area contributed by atoms with Crippen LogP contribution in [0.25, 0.3) is 0 Å². The molecule has 9 heteroatoms. The first-order chi connectivity index (χ1) is 13.8. The van der Waals surface area contributed by atoms with Crippen molar-refractivity contribution in [1.82, 2.24) is 0 Å². The van der Waals surface area contributed by atoms with Crippen molar-refractivity contribution in [1.29, 1.82) is 0 Å². The zero-order valence-electron chi connectivity index (χ0n) is 18.3. The van der Waals surface area contributed by atoms with Gasteiger partial charge in [0.15, 0.2) is 0 Å². The molecule has 0 fully saturated rings. The molecular weight excluding hydrogens is 498 g/mol. The van der Waals surface area contributed by atoms with Gasteiger partial charge in [0.05, 0.1) is 28.0 Å². The van der Waals surface area contributed by atoms with E-state index in [4.69, 9.17) is 55.3 Å². The minimum atomic E-state index is -1.95. The highest BCUT2D eigenvalue weighted by molar-refractivity contribution is 6.69. The molecule has 0 saturated heterocycles. The Balaban J connectivity index is 3.34. The van der Waals surface area contributed by atoms with Crippen molar-refractivity contribution in [2.24, 2.45) is 0 Å². The molecule has 29 heavy (non-hydrogen) atoms. The topological polar surface area (TPSA) is 18.5 Å². The lowest BCUT2D eigenvalue weighted by Gasteiger charge is -2.23. The average Bonchev–Trinajstić information content (AvgIpc) is 2.64. The van der Waals surface area contributed by atoms with Crippen molar-refractivity contribution in [3.05, 3.63) is 0 Å². The molecule has 0 N–H and O–H groups in total. The minimum Gasteiger partial charge on any atom is -0.395 e. The molecule has 0 atom stereocenters. The fourth-order valence-corrected chi connectivity index (χ4v) is 6.98. The molecule has 0 saturated carbocycles. The van der Waals surface area contributed by atoms with E-state index >= 15 is 0 Å². The van der Waals surface area contributed by atoms with Gasteiger partial charge >= 0.3 is 8.56 Å². The molecule has 0 heterocycles. The van der Waals surface area contributed by atoms with Crippen LogP contribution >= 0.6 is 46.4 Å². The molecule has 0 bridgehead atoms. The molecule has 0 spiro atoms. The Bertz CT molecular complexity index is 322. The van der Waals surface area contributed by atoms with Gasteiger partial charge in [-0.25, -0.2) is 0 Å². The maximum absolute atomic E-state index is 6.06. The Hall–Kier alpha value is 1.73. The molecule has 0 aliphatic heterocycles. The third-order valence-corrected chi connectivity index (χ3v) is 10.2. The summed E-state index contributed by atoms with van der Waals surface area (Å²) in [5, 5.41) is 0. The van der Waals surface area contributed by atoms with Gasteiger partial charge in [0, 0.05) is 13.2 Å². The first-order valence-electron chi connectivity index (χ1n) is 11.1. The van der Waals surface area contributed by atoms with Crippen LogP contribution in [-0.2, 0) is 8.85 Å². The number of hydrogen-bond acceptors (Lipinski definition) is 2. The van der Waals surface area contributed by atoms with Gasteiger partial charge in [-0.3, -0.25) is 0 Å². The molecule has 4 radical (unpaired) electrons. The standard InChI is InChI=1S/C20H40Cl4O2Si3/c1-29(2,25-15-11-7-3-5-9-13-17-27-19(21)22)26-16-12-8-4-6-10-14-18-28-20(23)24/h19-20H,3-18H2,1-2H3. The fraction of sp³-hybridized carbons (Fsp3) is 1.00. The molecule has 0 aliphatic rings. The van der Waals surface area contributed by atoms with Gasteiger partial charge in [0.1, 0.15) is 0 Å². The molecule has 0 amide bonds. The summed E-state index contributed by atoms with van der Waals surface area (Å²) in [5.74, 6) is 0. The van der Waals surface area contributed by atoms with Gasteiger partial charge in [0.2, 0.25) is 0 Å². The van der Waals surface area contributed by atoms with E-state index in [0.29, 0.717) is 19.0 Å². The van der Waals surface area contributed by atoms with Crippen molar-refractivity contribution in [2.45, 2.75) is 111 Å². The summed E-state index contributed by atoms with van der Waals surface area (Å²) in [7, 11) is -0.574. The summed E-state index contributed by atoms with van der Waals surface area (Å²) >= 11 is 23.0. The molecule has 2 nitrogen and oxygen atoms in total. The van der Waals surface area contributed by atoms with Crippen LogP contribution in [0.3, 0.4) is 0 Å². The van der Waals surface area contributed by atoms with Gasteiger partial charge in [-0.1, -0.05) is 76.3 Å². The Morgan fingerprint density at radius 1 is 0.552 bits per heavy atom. The summed E-state index contributed by atoms with van der Waals surface area (Å²) in [5.41, 5.74) is 0. The normalized spacial score (nSPS) is 12.4. The summed E-state index contributed by atoms with van der Waals surface area (Å²) < 4.78 is 11.8. The second-order valence-electron chi connectivity index (χ2n) is 7.85. The maximum Gasteiger partial charge on any atom is 0.331 e. The number of rotatable bonds is 22. The van der Waals surface area contributed by atoms with Crippen LogP contribution in [0.4, 0.5) is 0 Å². The molecular formula is C20H40Cl4O2Si3.